The van der Waals surface area contributed by atoms with Crippen LogP contribution < -0.4 is 9.46 Å². The SMILES string of the molecule is O=S(=O)(Nc1ccc(Oc2ccc(Cl)cc2Cl)cc1)c1ccc(C(F)(F)F)cc1Cl. The summed E-state index contributed by atoms with van der Waals surface area (Å²) in [5.74, 6) is 0.723. The zero-order valence-electron chi connectivity index (χ0n) is 14.7. The van der Waals surface area contributed by atoms with Crippen molar-refractivity contribution < 1.29 is 26.3 Å². The lowest BCUT2D eigenvalue weighted by Crippen LogP contribution is -2.14. The highest BCUT2D eigenvalue weighted by Gasteiger charge is 2.32. The number of benzene rings is 3. The molecule has 0 unspecified atom stereocenters. The van der Waals surface area contributed by atoms with E-state index < -0.39 is 31.7 Å². The topological polar surface area (TPSA) is 55.4 Å². The standard InChI is InChI=1S/C19H11Cl3F3NO3S/c20-12-2-7-17(15(21)10-12)29-14-5-3-13(4-6-14)26-30(27,28)18-8-1-11(9-16(18)22)19(23,24)25/h1-10,26H. The zero-order chi connectivity index (χ0) is 22.1. The molecule has 0 amide bonds. The Bertz CT molecular complexity index is 1180. The molecule has 1 N–H and O–H groups in total. The Kier molecular flexibility index (Phi) is 6.43. The molecule has 0 bridgehead atoms. The van der Waals surface area contributed by atoms with Crippen molar-refractivity contribution in [3.05, 3.63) is 81.3 Å². The van der Waals surface area contributed by atoms with E-state index in [0.717, 1.165) is 6.07 Å². The van der Waals surface area contributed by atoms with Crippen LogP contribution in [0.4, 0.5) is 18.9 Å². The van der Waals surface area contributed by atoms with E-state index in [0.29, 0.717) is 33.7 Å². The van der Waals surface area contributed by atoms with Gasteiger partial charge in [-0.05, 0) is 60.7 Å². The highest BCUT2D eigenvalue weighted by atomic mass is 35.5. The largest absolute Gasteiger partial charge is 0.456 e. The second kappa shape index (κ2) is 8.55. The van der Waals surface area contributed by atoms with Crippen LogP contribution in [0.3, 0.4) is 0 Å². The van der Waals surface area contributed by atoms with Crippen LogP contribution in [-0.2, 0) is 16.2 Å². The summed E-state index contributed by atoms with van der Waals surface area (Å²) in [6, 6.07) is 12.5. The van der Waals surface area contributed by atoms with Crippen molar-refractivity contribution in [3.63, 3.8) is 0 Å². The molecule has 0 radical (unpaired) electrons. The number of sulfonamides is 1. The molecule has 3 aromatic carbocycles. The van der Waals surface area contributed by atoms with Crippen LogP contribution in [-0.4, -0.2) is 8.42 Å². The lowest BCUT2D eigenvalue weighted by Gasteiger charge is -2.13. The highest BCUT2D eigenvalue weighted by molar-refractivity contribution is 7.92. The molecule has 0 saturated carbocycles. The Balaban J connectivity index is 1.77. The van der Waals surface area contributed by atoms with Gasteiger partial charge in [-0.3, -0.25) is 4.72 Å². The first-order chi connectivity index (χ1) is 14.0. The van der Waals surface area contributed by atoms with Crippen LogP contribution >= 0.6 is 34.8 Å². The van der Waals surface area contributed by atoms with E-state index in [2.05, 4.69) is 4.72 Å². The number of ether oxygens (including phenoxy) is 1. The van der Waals surface area contributed by atoms with Gasteiger partial charge in [-0.25, -0.2) is 8.42 Å². The summed E-state index contributed by atoms with van der Waals surface area (Å²) >= 11 is 17.6. The highest BCUT2D eigenvalue weighted by Crippen LogP contribution is 2.35. The van der Waals surface area contributed by atoms with E-state index in [1.54, 1.807) is 12.1 Å². The maximum Gasteiger partial charge on any atom is 0.416 e. The number of anilines is 1. The van der Waals surface area contributed by atoms with E-state index in [-0.39, 0.29) is 5.69 Å². The first kappa shape index (κ1) is 22.6. The third kappa shape index (κ3) is 5.31. The van der Waals surface area contributed by atoms with Crippen molar-refractivity contribution >= 4 is 50.5 Å². The summed E-state index contributed by atoms with van der Waals surface area (Å²) in [6.45, 7) is 0. The van der Waals surface area contributed by atoms with Gasteiger partial charge in [0.05, 0.1) is 15.6 Å². The average Bonchev–Trinajstić information content (AvgIpc) is 2.64. The molecule has 3 aromatic rings. The molecule has 0 atom stereocenters. The molecule has 0 aliphatic carbocycles. The number of rotatable bonds is 5. The lowest BCUT2D eigenvalue weighted by atomic mass is 10.2. The van der Waals surface area contributed by atoms with Crippen LogP contribution in [0, 0.1) is 0 Å². The summed E-state index contributed by atoms with van der Waals surface area (Å²) in [4.78, 5) is -0.481. The van der Waals surface area contributed by atoms with Gasteiger partial charge >= 0.3 is 6.18 Å². The zero-order valence-corrected chi connectivity index (χ0v) is 17.8. The summed E-state index contributed by atoms with van der Waals surface area (Å²) in [7, 11) is -4.22. The molecule has 30 heavy (non-hydrogen) atoms. The van der Waals surface area contributed by atoms with Gasteiger partial charge in [-0.1, -0.05) is 34.8 Å². The van der Waals surface area contributed by atoms with Gasteiger partial charge in [-0.2, -0.15) is 13.2 Å². The van der Waals surface area contributed by atoms with E-state index in [1.807, 2.05) is 0 Å². The second-order valence-corrected chi connectivity index (χ2v) is 8.85. The van der Waals surface area contributed by atoms with Gasteiger partial charge in [0.15, 0.2) is 0 Å². The van der Waals surface area contributed by atoms with Crippen molar-refractivity contribution in [2.45, 2.75) is 11.1 Å². The molecule has 0 aliphatic rings. The van der Waals surface area contributed by atoms with Crippen molar-refractivity contribution in [2.24, 2.45) is 0 Å². The number of hydrogen-bond donors (Lipinski definition) is 1. The van der Waals surface area contributed by atoms with Crippen molar-refractivity contribution in [3.8, 4) is 11.5 Å². The Hall–Kier alpha value is -2.13. The quantitative estimate of drug-likeness (QED) is 0.404. The van der Waals surface area contributed by atoms with Crippen LogP contribution in [0.1, 0.15) is 5.56 Å². The van der Waals surface area contributed by atoms with Crippen molar-refractivity contribution in [1.82, 2.24) is 0 Å². The van der Waals surface area contributed by atoms with Gasteiger partial charge < -0.3 is 4.74 Å². The summed E-state index contributed by atoms with van der Waals surface area (Å²) in [5, 5.41) is 0.193. The predicted octanol–water partition coefficient (Wildman–Crippen LogP) is 7.26. The summed E-state index contributed by atoms with van der Waals surface area (Å²) < 4.78 is 71.0. The predicted molar refractivity (Wildman–Crippen MR) is 110 cm³/mol. The number of nitrogens with one attached hydrogen (secondary N) is 1. The first-order valence-corrected chi connectivity index (χ1v) is 10.7. The number of hydrogen-bond acceptors (Lipinski definition) is 3. The van der Waals surface area contributed by atoms with E-state index in [1.165, 1.54) is 30.3 Å². The maximum atomic E-state index is 12.7. The molecule has 0 fully saturated rings. The van der Waals surface area contributed by atoms with Crippen LogP contribution in [0.25, 0.3) is 0 Å². The third-order valence-electron chi connectivity index (χ3n) is 3.78. The molecule has 0 aromatic heterocycles. The second-order valence-electron chi connectivity index (χ2n) is 5.95. The van der Waals surface area contributed by atoms with Crippen LogP contribution in [0.15, 0.2) is 65.6 Å². The third-order valence-corrected chi connectivity index (χ3v) is 6.17. The fourth-order valence-corrected chi connectivity index (χ4v) is 4.43. The van der Waals surface area contributed by atoms with Gasteiger partial charge in [0.1, 0.15) is 16.4 Å². The van der Waals surface area contributed by atoms with Crippen molar-refractivity contribution in [2.75, 3.05) is 4.72 Å². The average molecular weight is 497 g/mol. The van der Waals surface area contributed by atoms with Gasteiger partial charge in [0.25, 0.3) is 10.0 Å². The minimum Gasteiger partial charge on any atom is -0.456 e. The van der Waals surface area contributed by atoms with Crippen LogP contribution in [0.5, 0.6) is 11.5 Å². The monoisotopic (exact) mass is 495 g/mol. The molecular formula is C19H11Cl3F3NO3S. The number of alkyl halides is 3. The Morgan fingerprint density at radius 1 is 0.833 bits per heavy atom. The molecule has 0 saturated heterocycles. The summed E-state index contributed by atoms with van der Waals surface area (Å²) in [6.07, 6.45) is -4.64. The molecule has 4 nitrogen and oxygen atoms in total. The molecule has 0 spiro atoms. The molecule has 0 heterocycles. The Morgan fingerprint density at radius 3 is 2.07 bits per heavy atom. The van der Waals surface area contributed by atoms with Gasteiger partial charge in [0, 0.05) is 10.7 Å². The molecule has 11 heteroatoms. The molecule has 0 aliphatic heterocycles. The molecule has 3 rings (SSSR count). The molecule has 158 valence electrons. The fourth-order valence-electron chi connectivity index (χ4n) is 2.38. The van der Waals surface area contributed by atoms with E-state index in [4.69, 9.17) is 39.5 Å². The van der Waals surface area contributed by atoms with E-state index in [9.17, 15) is 21.6 Å². The summed E-state index contributed by atoms with van der Waals surface area (Å²) in [5.41, 5.74) is -0.894. The molecular weight excluding hydrogens is 486 g/mol. The normalized spacial score (nSPS) is 11.9. The first-order valence-electron chi connectivity index (χ1n) is 8.08. The number of halogens is 6. The van der Waals surface area contributed by atoms with Crippen molar-refractivity contribution in [1.29, 1.82) is 0 Å². The Morgan fingerprint density at radius 2 is 1.50 bits per heavy atom. The minimum atomic E-state index is -4.64. The smallest absolute Gasteiger partial charge is 0.416 e. The fraction of sp³-hybridized carbons (Fsp3) is 0.0526. The maximum absolute atomic E-state index is 12.7. The van der Waals surface area contributed by atoms with Crippen LogP contribution in [0.2, 0.25) is 15.1 Å². The van der Waals surface area contributed by atoms with Gasteiger partial charge in [0.2, 0.25) is 0 Å². The minimum absolute atomic E-state index is 0.153. The lowest BCUT2D eigenvalue weighted by molar-refractivity contribution is -0.137. The van der Waals surface area contributed by atoms with Gasteiger partial charge in [-0.15, -0.1) is 0 Å². The van der Waals surface area contributed by atoms with E-state index >= 15 is 0 Å². The Labute approximate surface area is 185 Å².